The van der Waals surface area contributed by atoms with Crippen LogP contribution in [0.2, 0.25) is 0 Å². The predicted octanol–water partition coefficient (Wildman–Crippen LogP) is 0.935. The van der Waals surface area contributed by atoms with E-state index >= 15 is 0 Å². The van der Waals surface area contributed by atoms with E-state index in [1.54, 1.807) is 12.1 Å². The normalized spacial score (nSPS) is 24.5. The molecule has 3 heterocycles. The standard InChI is InChI=1S/C17H25N5O2/c1-2-21-7-3-4-14(21)11-22-10-12(8-16(22)23)17(24)20-13-5-6-15(18)19-9-13/h5-6,9,12,14H,2-4,7-8,10-11H2,1H3,(H2,18,19)(H,20,24)/t12-,14-/m0/s1. The molecule has 3 rings (SSSR count). The van der Waals surface area contributed by atoms with E-state index in [2.05, 4.69) is 22.1 Å². The van der Waals surface area contributed by atoms with Crippen LogP contribution in [0.3, 0.4) is 0 Å². The summed E-state index contributed by atoms with van der Waals surface area (Å²) in [5, 5.41) is 2.82. The van der Waals surface area contributed by atoms with Gasteiger partial charge >= 0.3 is 0 Å². The third kappa shape index (κ3) is 3.67. The summed E-state index contributed by atoms with van der Waals surface area (Å²) in [6, 6.07) is 3.79. The van der Waals surface area contributed by atoms with Gasteiger partial charge < -0.3 is 16.0 Å². The van der Waals surface area contributed by atoms with Crippen molar-refractivity contribution < 1.29 is 9.59 Å². The van der Waals surface area contributed by atoms with Crippen molar-refractivity contribution in [2.75, 3.05) is 37.2 Å². The molecule has 2 aliphatic rings. The van der Waals surface area contributed by atoms with Crippen molar-refractivity contribution in [1.82, 2.24) is 14.8 Å². The van der Waals surface area contributed by atoms with E-state index in [-0.39, 0.29) is 24.2 Å². The Morgan fingerprint density at radius 2 is 2.29 bits per heavy atom. The van der Waals surface area contributed by atoms with Gasteiger partial charge in [0.15, 0.2) is 0 Å². The summed E-state index contributed by atoms with van der Waals surface area (Å²) in [5.74, 6) is 0.0588. The number of anilines is 2. The largest absolute Gasteiger partial charge is 0.384 e. The second-order valence-electron chi connectivity index (χ2n) is 6.59. The maximum Gasteiger partial charge on any atom is 0.229 e. The van der Waals surface area contributed by atoms with Crippen molar-refractivity contribution in [3.63, 3.8) is 0 Å². The third-order valence-corrected chi connectivity index (χ3v) is 4.98. The lowest BCUT2D eigenvalue weighted by atomic mass is 10.1. The molecule has 2 aliphatic heterocycles. The molecule has 3 N–H and O–H groups in total. The van der Waals surface area contributed by atoms with Gasteiger partial charge in [-0.2, -0.15) is 0 Å². The summed E-state index contributed by atoms with van der Waals surface area (Å²) < 4.78 is 0. The molecule has 24 heavy (non-hydrogen) atoms. The minimum Gasteiger partial charge on any atom is -0.384 e. The molecule has 7 nitrogen and oxygen atoms in total. The molecule has 0 saturated carbocycles. The first-order valence-corrected chi connectivity index (χ1v) is 8.61. The number of hydrogen-bond donors (Lipinski definition) is 2. The minimum absolute atomic E-state index is 0.0773. The van der Waals surface area contributed by atoms with Crippen LogP contribution in [-0.4, -0.2) is 58.8 Å². The van der Waals surface area contributed by atoms with Crippen molar-refractivity contribution in [3.8, 4) is 0 Å². The van der Waals surface area contributed by atoms with Gasteiger partial charge in [-0.15, -0.1) is 0 Å². The van der Waals surface area contributed by atoms with Crippen LogP contribution in [-0.2, 0) is 9.59 Å². The van der Waals surface area contributed by atoms with E-state index in [4.69, 9.17) is 5.73 Å². The fourth-order valence-electron chi connectivity index (χ4n) is 3.62. The average molecular weight is 331 g/mol. The van der Waals surface area contributed by atoms with Crippen LogP contribution < -0.4 is 11.1 Å². The van der Waals surface area contributed by atoms with Gasteiger partial charge in [0.1, 0.15) is 5.82 Å². The number of likely N-dealkylation sites (tertiary alicyclic amines) is 2. The zero-order valence-electron chi connectivity index (χ0n) is 14.1. The fraction of sp³-hybridized carbons (Fsp3) is 0.588. The number of hydrogen-bond acceptors (Lipinski definition) is 5. The second-order valence-corrected chi connectivity index (χ2v) is 6.59. The molecule has 130 valence electrons. The predicted molar refractivity (Wildman–Crippen MR) is 92.2 cm³/mol. The molecule has 2 atom stereocenters. The average Bonchev–Trinajstić information content (AvgIpc) is 3.17. The molecule has 7 heteroatoms. The summed E-state index contributed by atoms with van der Waals surface area (Å²) in [4.78, 5) is 32.9. The number of carbonyl (C=O) groups is 2. The number of amides is 2. The number of aromatic nitrogens is 1. The highest BCUT2D eigenvalue weighted by atomic mass is 16.2. The first-order valence-electron chi connectivity index (χ1n) is 8.61. The fourth-order valence-corrected chi connectivity index (χ4v) is 3.62. The molecular formula is C17H25N5O2. The highest BCUT2D eigenvalue weighted by Gasteiger charge is 2.36. The smallest absolute Gasteiger partial charge is 0.229 e. The first-order chi connectivity index (χ1) is 11.6. The maximum atomic E-state index is 12.4. The summed E-state index contributed by atoms with van der Waals surface area (Å²) in [7, 11) is 0. The lowest BCUT2D eigenvalue weighted by Crippen LogP contribution is -2.41. The summed E-state index contributed by atoms with van der Waals surface area (Å²) in [6.07, 6.45) is 4.13. The molecular weight excluding hydrogens is 306 g/mol. The van der Waals surface area contributed by atoms with Crippen molar-refractivity contribution in [2.24, 2.45) is 5.92 Å². The Morgan fingerprint density at radius 3 is 3.00 bits per heavy atom. The van der Waals surface area contributed by atoms with Gasteiger partial charge in [0.2, 0.25) is 11.8 Å². The van der Waals surface area contributed by atoms with Crippen molar-refractivity contribution in [1.29, 1.82) is 0 Å². The molecule has 2 fully saturated rings. The number of rotatable bonds is 5. The minimum atomic E-state index is -0.300. The molecule has 0 radical (unpaired) electrons. The molecule has 1 aromatic rings. The Labute approximate surface area is 142 Å². The second kappa shape index (κ2) is 7.17. The molecule has 0 bridgehead atoms. The zero-order chi connectivity index (χ0) is 17.1. The lowest BCUT2D eigenvalue weighted by molar-refractivity contribution is -0.128. The molecule has 0 aromatic carbocycles. The number of nitrogens with two attached hydrogens (primary N) is 1. The number of nitrogen functional groups attached to an aromatic ring is 1. The van der Waals surface area contributed by atoms with E-state index in [1.165, 1.54) is 12.6 Å². The molecule has 2 amide bonds. The number of nitrogens with one attached hydrogen (secondary N) is 1. The van der Waals surface area contributed by atoms with E-state index in [1.807, 2.05) is 4.90 Å². The monoisotopic (exact) mass is 331 g/mol. The quantitative estimate of drug-likeness (QED) is 0.838. The first kappa shape index (κ1) is 16.7. The van der Waals surface area contributed by atoms with Crippen LogP contribution in [0.1, 0.15) is 26.2 Å². The van der Waals surface area contributed by atoms with Gasteiger partial charge in [0.25, 0.3) is 0 Å². The molecule has 0 aliphatic carbocycles. The topological polar surface area (TPSA) is 91.6 Å². The van der Waals surface area contributed by atoms with Crippen LogP contribution in [0, 0.1) is 5.92 Å². The van der Waals surface area contributed by atoms with Gasteiger partial charge in [-0.25, -0.2) is 4.98 Å². The zero-order valence-corrected chi connectivity index (χ0v) is 14.1. The molecule has 0 spiro atoms. The number of pyridine rings is 1. The Morgan fingerprint density at radius 1 is 1.46 bits per heavy atom. The maximum absolute atomic E-state index is 12.4. The Balaban J connectivity index is 1.55. The summed E-state index contributed by atoms with van der Waals surface area (Å²) in [5.41, 5.74) is 6.14. The van der Waals surface area contributed by atoms with Crippen LogP contribution >= 0.6 is 0 Å². The summed E-state index contributed by atoms with van der Waals surface area (Å²) in [6.45, 7) is 5.51. The van der Waals surface area contributed by atoms with Gasteiger partial charge in [-0.3, -0.25) is 14.5 Å². The Bertz CT molecular complexity index is 604. The van der Waals surface area contributed by atoms with E-state index in [9.17, 15) is 9.59 Å². The van der Waals surface area contributed by atoms with Crippen molar-refractivity contribution in [3.05, 3.63) is 18.3 Å². The van der Waals surface area contributed by atoms with Gasteiger partial charge in [-0.05, 0) is 38.1 Å². The Kier molecular flexibility index (Phi) is 4.99. The Hall–Kier alpha value is -2.15. The number of carbonyl (C=O) groups excluding carboxylic acids is 2. The van der Waals surface area contributed by atoms with E-state index < -0.39 is 0 Å². The van der Waals surface area contributed by atoms with Crippen LogP contribution in [0.5, 0.6) is 0 Å². The lowest BCUT2D eigenvalue weighted by Gasteiger charge is -2.27. The van der Waals surface area contributed by atoms with Crippen molar-refractivity contribution >= 4 is 23.3 Å². The van der Waals surface area contributed by atoms with Crippen molar-refractivity contribution in [2.45, 2.75) is 32.2 Å². The van der Waals surface area contributed by atoms with Gasteiger partial charge in [0, 0.05) is 25.6 Å². The number of likely N-dealkylation sites (N-methyl/N-ethyl adjacent to an activating group) is 1. The molecule has 2 saturated heterocycles. The third-order valence-electron chi connectivity index (χ3n) is 4.98. The SMILES string of the molecule is CCN1CCC[C@H]1CN1C[C@@H](C(=O)Nc2ccc(N)nc2)CC1=O. The molecule has 1 aromatic heterocycles. The van der Waals surface area contributed by atoms with Crippen LogP contribution in [0.25, 0.3) is 0 Å². The van der Waals surface area contributed by atoms with Crippen LogP contribution in [0.4, 0.5) is 11.5 Å². The van der Waals surface area contributed by atoms with Gasteiger partial charge in [-0.1, -0.05) is 6.92 Å². The van der Waals surface area contributed by atoms with E-state index in [0.717, 1.165) is 26.1 Å². The summed E-state index contributed by atoms with van der Waals surface area (Å²) >= 11 is 0. The number of nitrogens with zero attached hydrogens (tertiary/aromatic N) is 3. The highest BCUT2D eigenvalue weighted by Crippen LogP contribution is 2.24. The van der Waals surface area contributed by atoms with Gasteiger partial charge in [0.05, 0.1) is 17.8 Å². The van der Waals surface area contributed by atoms with E-state index in [0.29, 0.717) is 24.1 Å². The highest BCUT2D eigenvalue weighted by molar-refractivity contribution is 5.97. The molecule has 0 unspecified atom stereocenters. The van der Waals surface area contributed by atoms with Crippen LogP contribution in [0.15, 0.2) is 18.3 Å².